The zero-order chi connectivity index (χ0) is 9.80. The molecule has 4 heteroatoms. The first kappa shape index (κ1) is 9.87. The molecule has 1 saturated heterocycles. The molecule has 0 bridgehead atoms. The van der Waals surface area contributed by atoms with E-state index in [1.165, 1.54) is 31.5 Å². The van der Waals surface area contributed by atoms with Crippen LogP contribution < -0.4 is 0 Å². The standard InChI is InChI=1S/C10H14ClN3/c11-10-12-7-9(8-13-10)3-6-14-4-1-2-5-14/h7-8H,1-6H2. The lowest BCUT2D eigenvalue weighted by Gasteiger charge is -2.13. The van der Waals surface area contributed by atoms with Crippen LogP contribution >= 0.6 is 11.6 Å². The maximum absolute atomic E-state index is 5.61. The van der Waals surface area contributed by atoms with Crippen molar-refractivity contribution in [3.8, 4) is 0 Å². The fourth-order valence-electron chi connectivity index (χ4n) is 1.76. The summed E-state index contributed by atoms with van der Waals surface area (Å²) in [4.78, 5) is 10.4. The summed E-state index contributed by atoms with van der Waals surface area (Å²) in [6, 6.07) is 0. The van der Waals surface area contributed by atoms with Gasteiger partial charge in [-0.1, -0.05) is 0 Å². The third kappa shape index (κ3) is 2.66. The van der Waals surface area contributed by atoms with Crippen LogP contribution in [0.2, 0.25) is 5.28 Å². The average Bonchev–Trinajstić information content (AvgIpc) is 2.70. The molecule has 1 aromatic heterocycles. The van der Waals surface area contributed by atoms with Gasteiger partial charge in [0.25, 0.3) is 0 Å². The van der Waals surface area contributed by atoms with Crippen molar-refractivity contribution in [3.05, 3.63) is 23.2 Å². The predicted octanol–water partition coefficient (Wildman–Crippen LogP) is 1.77. The number of likely N-dealkylation sites (tertiary alicyclic amines) is 1. The van der Waals surface area contributed by atoms with E-state index in [0.29, 0.717) is 5.28 Å². The Kier molecular flexibility index (Phi) is 3.32. The summed E-state index contributed by atoms with van der Waals surface area (Å²) in [6.07, 6.45) is 7.34. The van der Waals surface area contributed by atoms with Gasteiger partial charge in [-0.2, -0.15) is 0 Å². The number of rotatable bonds is 3. The van der Waals surface area contributed by atoms with E-state index in [1.54, 1.807) is 0 Å². The zero-order valence-corrected chi connectivity index (χ0v) is 8.87. The maximum Gasteiger partial charge on any atom is 0.222 e. The molecule has 1 fully saturated rings. The van der Waals surface area contributed by atoms with Gasteiger partial charge >= 0.3 is 0 Å². The highest BCUT2D eigenvalue weighted by Crippen LogP contribution is 2.08. The van der Waals surface area contributed by atoms with E-state index in [1.807, 2.05) is 12.4 Å². The van der Waals surface area contributed by atoms with Crippen LogP contribution in [0.15, 0.2) is 12.4 Å². The molecule has 0 N–H and O–H groups in total. The molecule has 0 atom stereocenters. The number of halogens is 1. The molecule has 2 heterocycles. The number of nitrogens with zero attached hydrogens (tertiary/aromatic N) is 3. The molecule has 1 aliphatic rings. The lowest BCUT2D eigenvalue weighted by Crippen LogP contribution is -2.22. The van der Waals surface area contributed by atoms with Gasteiger partial charge in [-0.05, 0) is 49.5 Å². The van der Waals surface area contributed by atoms with Gasteiger partial charge in [0.1, 0.15) is 0 Å². The number of aromatic nitrogens is 2. The topological polar surface area (TPSA) is 29.0 Å². The van der Waals surface area contributed by atoms with E-state index in [0.717, 1.165) is 13.0 Å². The normalized spacial score (nSPS) is 17.5. The van der Waals surface area contributed by atoms with E-state index in [-0.39, 0.29) is 0 Å². The van der Waals surface area contributed by atoms with E-state index < -0.39 is 0 Å². The van der Waals surface area contributed by atoms with Crippen LogP contribution in [0, 0.1) is 0 Å². The first-order valence-corrected chi connectivity index (χ1v) is 5.41. The molecule has 0 radical (unpaired) electrons. The van der Waals surface area contributed by atoms with E-state index in [4.69, 9.17) is 11.6 Å². The lowest BCUT2D eigenvalue weighted by molar-refractivity contribution is 0.343. The quantitative estimate of drug-likeness (QED) is 0.714. The fraction of sp³-hybridized carbons (Fsp3) is 0.600. The van der Waals surface area contributed by atoms with E-state index >= 15 is 0 Å². The summed E-state index contributed by atoms with van der Waals surface area (Å²) in [5.41, 5.74) is 1.17. The Morgan fingerprint density at radius 1 is 1.21 bits per heavy atom. The highest BCUT2D eigenvalue weighted by molar-refractivity contribution is 6.28. The second-order valence-electron chi connectivity index (χ2n) is 3.66. The lowest BCUT2D eigenvalue weighted by atomic mass is 10.2. The Hall–Kier alpha value is -0.670. The van der Waals surface area contributed by atoms with Gasteiger partial charge in [-0.3, -0.25) is 0 Å². The Labute approximate surface area is 89.1 Å². The molecule has 76 valence electrons. The van der Waals surface area contributed by atoms with Crippen molar-refractivity contribution in [2.24, 2.45) is 0 Å². The monoisotopic (exact) mass is 211 g/mol. The number of hydrogen-bond acceptors (Lipinski definition) is 3. The molecule has 0 saturated carbocycles. The van der Waals surface area contributed by atoms with Gasteiger partial charge in [-0.25, -0.2) is 9.97 Å². The minimum atomic E-state index is 0.329. The molecule has 0 amide bonds. The summed E-state index contributed by atoms with van der Waals surface area (Å²) in [7, 11) is 0. The third-order valence-corrected chi connectivity index (χ3v) is 2.78. The SMILES string of the molecule is Clc1ncc(CCN2CCCC2)cn1. The van der Waals surface area contributed by atoms with E-state index in [2.05, 4.69) is 14.9 Å². The molecule has 3 nitrogen and oxygen atoms in total. The van der Waals surface area contributed by atoms with Crippen molar-refractivity contribution in [3.63, 3.8) is 0 Å². The van der Waals surface area contributed by atoms with Crippen molar-refractivity contribution in [2.75, 3.05) is 19.6 Å². The van der Waals surface area contributed by atoms with Gasteiger partial charge in [0.2, 0.25) is 5.28 Å². The Balaban J connectivity index is 1.82. The van der Waals surface area contributed by atoms with Crippen molar-refractivity contribution < 1.29 is 0 Å². The molecular formula is C10H14ClN3. The van der Waals surface area contributed by atoms with Crippen LogP contribution in [-0.4, -0.2) is 34.5 Å². The molecular weight excluding hydrogens is 198 g/mol. The van der Waals surface area contributed by atoms with Crippen molar-refractivity contribution in [2.45, 2.75) is 19.3 Å². The molecule has 0 spiro atoms. The minimum Gasteiger partial charge on any atom is -0.303 e. The summed E-state index contributed by atoms with van der Waals surface area (Å²) in [5.74, 6) is 0. The van der Waals surface area contributed by atoms with Crippen molar-refractivity contribution in [1.29, 1.82) is 0 Å². The summed E-state index contributed by atoms with van der Waals surface area (Å²) < 4.78 is 0. The predicted molar refractivity (Wildman–Crippen MR) is 56.4 cm³/mol. The summed E-state index contributed by atoms with van der Waals surface area (Å²) in [5, 5.41) is 0.329. The smallest absolute Gasteiger partial charge is 0.222 e. The Morgan fingerprint density at radius 3 is 2.50 bits per heavy atom. The maximum atomic E-state index is 5.61. The molecule has 2 rings (SSSR count). The first-order chi connectivity index (χ1) is 6.84. The van der Waals surface area contributed by atoms with Crippen LogP contribution in [0.3, 0.4) is 0 Å². The van der Waals surface area contributed by atoms with Gasteiger partial charge in [0, 0.05) is 18.9 Å². The highest BCUT2D eigenvalue weighted by atomic mass is 35.5. The van der Waals surface area contributed by atoms with Crippen molar-refractivity contribution in [1.82, 2.24) is 14.9 Å². The average molecular weight is 212 g/mol. The molecule has 1 aliphatic heterocycles. The van der Waals surface area contributed by atoms with Crippen LogP contribution in [0.25, 0.3) is 0 Å². The van der Waals surface area contributed by atoms with Gasteiger partial charge in [-0.15, -0.1) is 0 Å². The van der Waals surface area contributed by atoms with Gasteiger partial charge in [0.05, 0.1) is 0 Å². The second-order valence-corrected chi connectivity index (χ2v) is 4.00. The molecule has 0 aliphatic carbocycles. The van der Waals surface area contributed by atoms with Crippen molar-refractivity contribution >= 4 is 11.6 Å². The van der Waals surface area contributed by atoms with E-state index in [9.17, 15) is 0 Å². The second kappa shape index (κ2) is 4.71. The number of hydrogen-bond donors (Lipinski definition) is 0. The highest BCUT2D eigenvalue weighted by Gasteiger charge is 2.10. The Bertz CT molecular complexity index is 280. The van der Waals surface area contributed by atoms with Crippen LogP contribution in [0.4, 0.5) is 0 Å². The molecule has 14 heavy (non-hydrogen) atoms. The first-order valence-electron chi connectivity index (χ1n) is 5.03. The van der Waals surface area contributed by atoms with Crippen LogP contribution in [-0.2, 0) is 6.42 Å². The van der Waals surface area contributed by atoms with Crippen LogP contribution in [0.5, 0.6) is 0 Å². The fourth-order valence-corrected chi connectivity index (χ4v) is 1.86. The summed E-state index contributed by atoms with van der Waals surface area (Å²) in [6.45, 7) is 3.61. The van der Waals surface area contributed by atoms with Gasteiger partial charge < -0.3 is 4.90 Å². The largest absolute Gasteiger partial charge is 0.303 e. The minimum absolute atomic E-state index is 0.329. The third-order valence-electron chi connectivity index (χ3n) is 2.59. The molecule has 1 aromatic rings. The summed E-state index contributed by atoms with van der Waals surface area (Å²) >= 11 is 5.61. The van der Waals surface area contributed by atoms with Crippen LogP contribution in [0.1, 0.15) is 18.4 Å². The van der Waals surface area contributed by atoms with Gasteiger partial charge in [0.15, 0.2) is 0 Å². The zero-order valence-electron chi connectivity index (χ0n) is 8.12. The molecule has 0 aromatic carbocycles. The Morgan fingerprint density at radius 2 is 1.86 bits per heavy atom. The molecule has 0 unspecified atom stereocenters.